The van der Waals surface area contributed by atoms with Crippen molar-refractivity contribution in [3.05, 3.63) is 12.2 Å². The number of rotatable bonds is 6. The van der Waals surface area contributed by atoms with Gasteiger partial charge in [-0.3, -0.25) is 0 Å². The van der Waals surface area contributed by atoms with Crippen LogP contribution in [0.1, 0.15) is 20.3 Å². The summed E-state index contributed by atoms with van der Waals surface area (Å²) in [7, 11) is 0. The fraction of sp³-hybridized carbons (Fsp3) is 0.667. The van der Waals surface area contributed by atoms with Crippen molar-refractivity contribution in [2.24, 2.45) is 0 Å². The molecule has 0 N–H and O–H groups in total. The Morgan fingerprint density at radius 3 is 2.50 bits per heavy atom. The highest BCUT2D eigenvalue weighted by atomic mass is 35.7. The highest BCUT2D eigenvalue weighted by Crippen LogP contribution is 2.26. The summed E-state index contributed by atoms with van der Waals surface area (Å²) in [6.45, 7) is 5.41. The minimum absolute atomic E-state index is 0.349. The molecule has 2 nitrogen and oxygen atoms in total. The van der Waals surface area contributed by atoms with Crippen LogP contribution in [-0.2, 0) is 9.53 Å². The number of carbonyl (C=O) groups excluding carboxylic acids is 1. The quantitative estimate of drug-likeness (QED) is 0.239. The first-order valence-corrected chi connectivity index (χ1v) is 9.03. The fourth-order valence-electron chi connectivity index (χ4n) is 0.796. The van der Waals surface area contributed by atoms with Crippen molar-refractivity contribution >= 4 is 34.8 Å². The molecule has 0 aliphatic carbocycles. The second-order valence-electron chi connectivity index (χ2n) is 3.23. The number of hydrogen-bond acceptors (Lipinski definition) is 2. The van der Waals surface area contributed by atoms with Gasteiger partial charge in [0.25, 0.3) is 6.69 Å². The van der Waals surface area contributed by atoms with E-state index in [2.05, 4.69) is 6.58 Å². The molecule has 0 heterocycles. The lowest BCUT2D eigenvalue weighted by Crippen LogP contribution is -2.18. The average molecular weight is 255 g/mol. The Balaban J connectivity index is 3.57. The van der Waals surface area contributed by atoms with E-state index < -0.39 is 6.69 Å². The highest BCUT2D eigenvalue weighted by Gasteiger charge is 2.24. The topological polar surface area (TPSA) is 26.3 Å². The maximum Gasteiger partial charge on any atom is 0.333 e. The molecule has 0 aromatic carbocycles. The van der Waals surface area contributed by atoms with Crippen LogP contribution in [0.15, 0.2) is 12.2 Å². The number of halogens is 2. The van der Waals surface area contributed by atoms with Crippen LogP contribution in [0.5, 0.6) is 0 Å². The minimum atomic E-state index is -2.05. The molecule has 0 bridgehead atoms. The Kier molecular flexibility index (Phi) is 6.49. The van der Waals surface area contributed by atoms with Gasteiger partial charge in [-0.2, -0.15) is 0 Å². The van der Waals surface area contributed by atoms with Gasteiger partial charge in [0.15, 0.2) is 0 Å². The largest absolute Gasteiger partial charge is 0.462 e. The first-order valence-electron chi connectivity index (χ1n) is 4.59. The molecule has 0 saturated heterocycles. The van der Waals surface area contributed by atoms with Crippen LogP contribution in [0.25, 0.3) is 0 Å². The van der Waals surface area contributed by atoms with E-state index in [0.29, 0.717) is 12.2 Å². The van der Waals surface area contributed by atoms with Gasteiger partial charge in [0.1, 0.15) is 0 Å². The molecular formula is C9H16Cl2O2Si. The Labute approximate surface area is 95.6 Å². The van der Waals surface area contributed by atoms with E-state index in [4.69, 9.17) is 26.9 Å². The first-order chi connectivity index (χ1) is 6.39. The molecule has 0 aromatic rings. The maximum absolute atomic E-state index is 11.0. The number of carbonyl (C=O) groups is 1. The summed E-state index contributed by atoms with van der Waals surface area (Å²) in [4.78, 5) is 11.0. The second-order valence-corrected chi connectivity index (χ2v) is 11.1. The molecule has 0 spiro atoms. The van der Waals surface area contributed by atoms with Gasteiger partial charge in [0.05, 0.1) is 6.61 Å². The molecule has 0 amide bonds. The predicted molar refractivity (Wildman–Crippen MR) is 63.1 cm³/mol. The van der Waals surface area contributed by atoms with Crippen molar-refractivity contribution in [1.82, 2.24) is 0 Å². The van der Waals surface area contributed by atoms with Crippen LogP contribution < -0.4 is 0 Å². The zero-order valence-electron chi connectivity index (χ0n) is 8.61. The SMILES string of the molecule is C=C(C)C(=O)OCCC[Si](Cl)(Cl)CC. The molecule has 0 saturated carbocycles. The maximum atomic E-state index is 11.0. The number of esters is 1. The van der Waals surface area contributed by atoms with Gasteiger partial charge < -0.3 is 4.74 Å². The molecule has 0 unspecified atom stereocenters. The standard InChI is InChI=1S/C9H16Cl2O2Si/c1-4-14(10,11)7-5-6-13-9(12)8(2)3/h2,4-7H2,1,3H3. The van der Waals surface area contributed by atoms with Crippen LogP contribution in [0.4, 0.5) is 0 Å². The van der Waals surface area contributed by atoms with Gasteiger partial charge in [-0.15, -0.1) is 22.2 Å². The van der Waals surface area contributed by atoms with Crippen molar-refractivity contribution in [3.63, 3.8) is 0 Å². The zero-order valence-corrected chi connectivity index (χ0v) is 11.1. The Morgan fingerprint density at radius 1 is 1.50 bits per heavy atom. The molecule has 14 heavy (non-hydrogen) atoms. The van der Waals surface area contributed by atoms with E-state index in [1.807, 2.05) is 6.92 Å². The third-order valence-corrected chi connectivity index (χ3v) is 6.64. The van der Waals surface area contributed by atoms with Gasteiger partial charge in [-0.1, -0.05) is 13.5 Å². The molecule has 0 aliphatic rings. The fourth-order valence-corrected chi connectivity index (χ4v) is 2.61. The van der Waals surface area contributed by atoms with E-state index in [1.165, 1.54) is 0 Å². The van der Waals surface area contributed by atoms with E-state index in [0.717, 1.165) is 18.5 Å². The van der Waals surface area contributed by atoms with Crippen molar-refractivity contribution in [2.75, 3.05) is 6.61 Å². The summed E-state index contributed by atoms with van der Waals surface area (Å²) in [6.07, 6.45) is 0.728. The Bertz CT molecular complexity index is 217. The summed E-state index contributed by atoms with van der Waals surface area (Å²) in [6, 6.07) is 1.58. The molecule has 0 fully saturated rings. The van der Waals surface area contributed by atoms with E-state index in [9.17, 15) is 4.79 Å². The Morgan fingerprint density at radius 2 is 2.07 bits per heavy atom. The molecule has 0 radical (unpaired) electrons. The molecule has 0 aromatic heterocycles. The number of ether oxygens (including phenoxy) is 1. The average Bonchev–Trinajstić information content (AvgIpc) is 2.12. The van der Waals surface area contributed by atoms with E-state index in [1.54, 1.807) is 6.92 Å². The molecule has 0 aliphatic heterocycles. The number of hydrogen-bond donors (Lipinski definition) is 0. The molecular weight excluding hydrogens is 239 g/mol. The summed E-state index contributed by atoms with van der Waals surface area (Å²) in [5.74, 6) is -0.349. The summed E-state index contributed by atoms with van der Waals surface area (Å²) in [5.41, 5.74) is 0.417. The smallest absolute Gasteiger partial charge is 0.333 e. The van der Waals surface area contributed by atoms with Crippen molar-refractivity contribution < 1.29 is 9.53 Å². The lowest BCUT2D eigenvalue weighted by atomic mass is 10.4. The third-order valence-electron chi connectivity index (χ3n) is 1.79. The van der Waals surface area contributed by atoms with Gasteiger partial charge in [0, 0.05) is 5.57 Å². The van der Waals surface area contributed by atoms with Crippen LogP contribution in [0, 0.1) is 0 Å². The van der Waals surface area contributed by atoms with E-state index >= 15 is 0 Å². The van der Waals surface area contributed by atoms with Crippen LogP contribution in [0.3, 0.4) is 0 Å². The summed E-state index contributed by atoms with van der Waals surface area (Å²) >= 11 is 12.1. The van der Waals surface area contributed by atoms with E-state index in [-0.39, 0.29) is 5.97 Å². The lowest BCUT2D eigenvalue weighted by molar-refractivity contribution is -0.138. The van der Waals surface area contributed by atoms with Gasteiger partial charge >= 0.3 is 5.97 Å². The van der Waals surface area contributed by atoms with Crippen LogP contribution in [0.2, 0.25) is 12.1 Å². The van der Waals surface area contributed by atoms with Crippen molar-refractivity contribution in [3.8, 4) is 0 Å². The predicted octanol–water partition coefficient (Wildman–Crippen LogP) is 3.44. The molecule has 82 valence electrons. The zero-order chi connectivity index (χ0) is 11.2. The van der Waals surface area contributed by atoms with Gasteiger partial charge in [-0.05, 0) is 25.4 Å². The summed E-state index contributed by atoms with van der Waals surface area (Å²) in [5, 5.41) is 0. The molecule has 0 atom stereocenters. The van der Waals surface area contributed by atoms with Crippen molar-refractivity contribution in [2.45, 2.75) is 32.4 Å². The lowest BCUT2D eigenvalue weighted by Gasteiger charge is -2.13. The first kappa shape index (κ1) is 14.0. The second kappa shape index (κ2) is 6.48. The van der Waals surface area contributed by atoms with Crippen molar-refractivity contribution in [1.29, 1.82) is 0 Å². The monoisotopic (exact) mass is 254 g/mol. The Hall–Kier alpha value is 0.00688. The van der Waals surface area contributed by atoms with Crippen LogP contribution in [-0.4, -0.2) is 19.3 Å². The normalized spacial score (nSPS) is 11.1. The molecule has 5 heteroatoms. The van der Waals surface area contributed by atoms with Crippen LogP contribution >= 0.6 is 22.2 Å². The minimum Gasteiger partial charge on any atom is -0.462 e. The summed E-state index contributed by atoms with van der Waals surface area (Å²) < 4.78 is 4.91. The van der Waals surface area contributed by atoms with Gasteiger partial charge in [0.2, 0.25) is 0 Å². The third kappa shape index (κ3) is 6.46. The highest BCUT2D eigenvalue weighted by molar-refractivity contribution is 7.45. The molecule has 0 rings (SSSR count). The van der Waals surface area contributed by atoms with Gasteiger partial charge in [-0.25, -0.2) is 4.79 Å².